The van der Waals surface area contributed by atoms with Crippen LogP contribution < -0.4 is 10.1 Å². The third-order valence-electron chi connectivity index (χ3n) is 3.22. The zero-order chi connectivity index (χ0) is 14.4. The second-order valence-corrected chi connectivity index (χ2v) is 5.83. The third-order valence-corrected chi connectivity index (χ3v) is 3.84. The molecule has 0 bridgehead atoms. The van der Waals surface area contributed by atoms with Gasteiger partial charge in [-0.05, 0) is 59.3 Å². The molecule has 1 amide bonds. The molecule has 1 fully saturated rings. The van der Waals surface area contributed by atoms with Gasteiger partial charge in [0.2, 0.25) is 0 Å². The van der Waals surface area contributed by atoms with Gasteiger partial charge in [0.05, 0.1) is 11.6 Å². The Hall–Kier alpha value is -1.07. The Morgan fingerprint density at radius 2 is 2.25 bits per heavy atom. The molecule has 0 saturated heterocycles. The van der Waals surface area contributed by atoms with Crippen molar-refractivity contribution in [3.8, 4) is 5.75 Å². The maximum absolute atomic E-state index is 11.9. The molecule has 0 spiro atoms. The third kappa shape index (κ3) is 4.80. The highest BCUT2D eigenvalue weighted by Gasteiger charge is 2.20. The summed E-state index contributed by atoms with van der Waals surface area (Å²) >= 11 is 3.37. The average Bonchev–Trinajstić information content (AvgIpc) is 3.26. The Morgan fingerprint density at radius 3 is 2.90 bits per heavy atom. The number of halogens is 1. The van der Waals surface area contributed by atoms with Crippen molar-refractivity contribution in [3.63, 3.8) is 0 Å². The van der Waals surface area contributed by atoms with Gasteiger partial charge in [-0.25, -0.2) is 0 Å². The molecule has 1 aromatic carbocycles. The van der Waals surface area contributed by atoms with Crippen molar-refractivity contribution >= 4 is 21.8 Å². The Labute approximate surface area is 128 Å². The number of benzene rings is 1. The Kier molecular flexibility index (Phi) is 5.86. The molecular formula is C15H20BrNO3. The van der Waals surface area contributed by atoms with Crippen molar-refractivity contribution in [1.29, 1.82) is 0 Å². The summed E-state index contributed by atoms with van der Waals surface area (Å²) in [6.07, 6.45) is 3.46. The van der Waals surface area contributed by atoms with E-state index in [1.807, 2.05) is 0 Å². The fraction of sp³-hybridized carbons (Fsp3) is 0.533. The van der Waals surface area contributed by atoms with Crippen LogP contribution in [-0.2, 0) is 4.74 Å². The zero-order valence-electron chi connectivity index (χ0n) is 11.7. The number of rotatable bonds is 8. The number of amides is 1. The quantitative estimate of drug-likeness (QED) is 0.739. The molecule has 1 aromatic rings. The first-order valence-corrected chi connectivity index (χ1v) is 7.69. The van der Waals surface area contributed by atoms with Crippen molar-refractivity contribution in [2.45, 2.75) is 19.3 Å². The Bertz CT molecular complexity index is 460. The van der Waals surface area contributed by atoms with Crippen molar-refractivity contribution in [3.05, 3.63) is 28.2 Å². The van der Waals surface area contributed by atoms with Crippen molar-refractivity contribution in [2.24, 2.45) is 5.92 Å². The minimum atomic E-state index is -0.0736. The van der Waals surface area contributed by atoms with Crippen LogP contribution in [0.1, 0.15) is 29.6 Å². The molecule has 1 aliphatic rings. The van der Waals surface area contributed by atoms with Crippen LogP contribution in [0.3, 0.4) is 0 Å². The van der Waals surface area contributed by atoms with Crippen LogP contribution in [0.4, 0.5) is 0 Å². The Morgan fingerprint density at radius 1 is 1.45 bits per heavy atom. The van der Waals surface area contributed by atoms with Gasteiger partial charge in [-0.1, -0.05) is 0 Å². The molecule has 0 atom stereocenters. The van der Waals surface area contributed by atoms with E-state index in [2.05, 4.69) is 21.2 Å². The van der Waals surface area contributed by atoms with Gasteiger partial charge >= 0.3 is 0 Å². The van der Waals surface area contributed by atoms with Crippen molar-refractivity contribution < 1.29 is 14.3 Å². The monoisotopic (exact) mass is 341 g/mol. The molecule has 110 valence electrons. The van der Waals surface area contributed by atoms with Gasteiger partial charge in [0.1, 0.15) is 5.75 Å². The molecule has 0 radical (unpaired) electrons. The summed E-state index contributed by atoms with van der Waals surface area (Å²) in [5, 5.41) is 2.89. The first kappa shape index (κ1) is 15.3. The van der Waals surface area contributed by atoms with E-state index in [9.17, 15) is 4.79 Å². The predicted octanol–water partition coefficient (Wildman–Crippen LogP) is 3.00. The van der Waals surface area contributed by atoms with Crippen LogP contribution in [0.5, 0.6) is 5.75 Å². The van der Waals surface area contributed by atoms with Gasteiger partial charge in [-0.15, -0.1) is 0 Å². The fourth-order valence-corrected chi connectivity index (χ4v) is 2.36. The molecule has 0 aliphatic heterocycles. The summed E-state index contributed by atoms with van der Waals surface area (Å²) in [7, 11) is 1.60. The molecule has 2 rings (SSSR count). The smallest absolute Gasteiger partial charge is 0.251 e. The van der Waals surface area contributed by atoms with Gasteiger partial charge in [0.15, 0.2) is 0 Å². The zero-order valence-corrected chi connectivity index (χ0v) is 13.2. The van der Waals surface area contributed by atoms with E-state index in [0.29, 0.717) is 18.7 Å². The van der Waals surface area contributed by atoms with Crippen molar-refractivity contribution in [1.82, 2.24) is 5.32 Å². The average molecular weight is 342 g/mol. The Balaban J connectivity index is 1.66. The standard InChI is InChI=1S/C15H20BrNO3/c1-19-14-6-5-12(9-13(14)16)15(18)17-7-2-8-20-10-11-3-4-11/h5-6,9,11H,2-4,7-8,10H2,1H3,(H,17,18). The van der Waals surface area contributed by atoms with Gasteiger partial charge in [0.25, 0.3) is 5.91 Å². The van der Waals surface area contributed by atoms with Crippen LogP contribution in [0.2, 0.25) is 0 Å². The maximum atomic E-state index is 11.9. The summed E-state index contributed by atoms with van der Waals surface area (Å²) in [5.74, 6) is 1.44. The number of carbonyl (C=O) groups excluding carboxylic acids is 1. The molecule has 5 heteroatoms. The summed E-state index contributed by atoms with van der Waals surface area (Å²) in [4.78, 5) is 11.9. The van der Waals surface area contributed by atoms with Gasteiger partial charge in [-0.2, -0.15) is 0 Å². The minimum Gasteiger partial charge on any atom is -0.496 e. The highest BCUT2D eigenvalue weighted by Crippen LogP contribution is 2.28. The second-order valence-electron chi connectivity index (χ2n) is 4.98. The summed E-state index contributed by atoms with van der Waals surface area (Å²) in [6, 6.07) is 5.29. The van der Waals surface area contributed by atoms with E-state index < -0.39 is 0 Å². The SMILES string of the molecule is COc1ccc(C(=O)NCCCOCC2CC2)cc1Br. The lowest BCUT2D eigenvalue weighted by Gasteiger charge is -2.08. The number of methoxy groups -OCH3 is 1. The van der Waals surface area contributed by atoms with Crippen molar-refractivity contribution in [2.75, 3.05) is 26.9 Å². The molecular weight excluding hydrogens is 322 g/mol. The maximum Gasteiger partial charge on any atom is 0.251 e. The largest absolute Gasteiger partial charge is 0.496 e. The van der Waals surface area contributed by atoms with Crippen LogP contribution in [0.15, 0.2) is 22.7 Å². The number of hydrogen-bond acceptors (Lipinski definition) is 3. The molecule has 20 heavy (non-hydrogen) atoms. The fourth-order valence-electron chi connectivity index (χ4n) is 1.82. The van der Waals surface area contributed by atoms with E-state index in [1.54, 1.807) is 25.3 Å². The van der Waals surface area contributed by atoms with Crippen LogP contribution in [0.25, 0.3) is 0 Å². The first-order valence-electron chi connectivity index (χ1n) is 6.90. The number of hydrogen-bond donors (Lipinski definition) is 1. The lowest BCUT2D eigenvalue weighted by molar-refractivity contribution is 0.0937. The van der Waals surface area contributed by atoms with E-state index in [-0.39, 0.29) is 5.91 Å². The molecule has 0 aromatic heterocycles. The van der Waals surface area contributed by atoms with E-state index in [1.165, 1.54) is 12.8 Å². The van der Waals surface area contributed by atoms with E-state index in [0.717, 1.165) is 29.2 Å². The topological polar surface area (TPSA) is 47.6 Å². The number of nitrogens with one attached hydrogen (secondary N) is 1. The van der Waals surface area contributed by atoms with Gasteiger partial charge in [0, 0.05) is 25.3 Å². The predicted molar refractivity (Wildman–Crippen MR) is 81.2 cm³/mol. The summed E-state index contributed by atoms with van der Waals surface area (Å²) in [6.45, 7) is 2.22. The molecule has 1 aliphatic carbocycles. The van der Waals surface area contributed by atoms with Crippen LogP contribution in [-0.4, -0.2) is 32.8 Å². The molecule has 1 N–H and O–H groups in total. The summed E-state index contributed by atoms with van der Waals surface area (Å²) in [5.41, 5.74) is 0.622. The molecule has 1 saturated carbocycles. The number of carbonyl (C=O) groups is 1. The van der Waals surface area contributed by atoms with E-state index >= 15 is 0 Å². The van der Waals surface area contributed by atoms with Gasteiger partial charge in [-0.3, -0.25) is 4.79 Å². The van der Waals surface area contributed by atoms with E-state index in [4.69, 9.17) is 9.47 Å². The number of ether oxygens (including phenoxy) is 2. The first-order chi connectivity index (χ1) is 9.70. The molecule has 4 nitrogen and oxygen atoms in total. The summed E-state index contributed by atoms with van der Waals surface area (Å²) < 4.78 is 11.4. The second kappa shape index (κ2) is 7.64. The molecule has 0 heterocycles. The highest BCUT2D eigenvalue weighted by molar-refractivity contribution is 9.10. The highest BCUT2D eigenvalue weighted by atomic mass is 79.9. The van der Waals surface area contributed by atoms with Crippen LogP contribution >= 0.6 is 15.9 Å². The molecule has 0 unspecified atom stereocenters. The normalized spacial score (nSPS) is 14.1. The van der Waals surface area contributed by atoms with Gasteiger partial charge < -0.3 is 14.8 Å². The lowest BCUT2D eigenvalue weighted by Crippen LogP contribution is -2.25. The lowest BCUT2D eigenvalue weighted by atomic mass is 10.2. The minimum absolute atomic E-state index is 0.0736. The van der Waals surface area contributed by atoms with Crippen LogP contribution in [0, 0.1) is 5.92 Å².